The molecular weight excluding hydrogens is 631 g/mol. The number of rotatable bonds is 5. The van der Waals surface area contributed by atoms with Gasteiger partial charge >= 0.3 is 0 Å². The Bertz CT molecular complexity index is 2930. The SMILES string of the molecule is c1ccc(-c2ccc(-c3nc4ccccc4nc3-c3ccc(-c4ccc(-c5cc6cccnc6c6ccccc56)c5ccccc45)cc3)cc2)cc1. The summed E-state index contributed by atoms with van der Waals surface area (Å²) < 4.78 is 0. The fourth-order valence-corrected chi connectivity index (χ4v) is 7.59. The maximum atomic E-state index is 5.18. The van der Waals surface area contributed by atoms with Crippen molar-refractivity contribution in [1.82, 2.24) is 15.0 Å². The quantitative estimate of drug-likeness (QED) is 0.172. The molecule has 8 aromatic carbocycles. The lowest BCUT2D eigenvalue weighted by molar-refractivity contribution is 1.29. The van der Waals surface area contributed by atoms with E-state index >= 15 is 0 Å². The molecule has 2 heterocycles. The van der Waals surface area contributed by atoms with Gasteiger partial charge in [-0.3, -0.25) is 4.98 Å². The summed E-state index contributed by atoms with van der Waals surface area (Å²) in [5, 5.41) is 5.95. The smallest absolute Gasteiger partial charge is 0.0973 e. The molecule has 0 aliphatic heterocycles. The molecule has 0 amide bonds. The zero-order valence-electron chi connectivity index (χ0n) is 28.2. The van der Waals surface area contributed by atoms with Crippen molar-refractivity contribution in [3.63, 3.8) is 0 Å². The average Bonchev–Trinajstić information content (AvgIpc) is 3.23. The van der Waals surface area contributed by atoms with Crippen LogP contribution in [0.2, 0.25) is 0 Å². The standard InChI is InChI=1S/C49H31N3/c1-2-11-32(12-3-1)33-20-24-35(25-21-33)48-49(52-46-19-9-8-18-45(46)51-48)36-26-22-34(23-27-36)38-28-29-42(40-15-5-4-14-39(38)40)44-31-37-13-10-30-50-47(37)43-17-7-6-16-41(43)44/h1-31H. The van der Waals surface area contributed by atoms with E-state index < -0.39 is 0 Å². The summed E-state index contributed by atoms with van der Waals surface area (Å²) >= 11 is 0. The van der Waals surface area contributed by atoms with Crippen molar-refractivity contribution in [1.29, 1.82) is 0 Å². The lowest BCUT2D eigenvalue weighted by Gasteiger charge is -2.16. The van der Waals surface area contributed by atoms with Crippen molar-refractivity contribution in [3.05, 3.63) is 188 Å². The summed E-state index contributed by atoms with van der Waals surface area (Å²) in [6, 6.07) is 64.3. The molecule has 3 nitrogen and oxygen atoms in total. The highest BCUT2D eigenvalue weighted by Gasteiger charge is 2.16. The largest absolute Gasteiger partial charge is 0.256 e. The summed E-state index contributed by atoms with van der Waals surface area (Å²) in [5.41, 5.74) is 13.8. The number of hydrogen-bond donors (Lipinski definition) is 0. The highest BCUT2D eigenvalue weighted by atomic mass is 14.8. The van der Waals surface area contributed by atoms with Crippen molar-refractivity contribution in [3.8, 4) is 55.9 Å². The van der Waals surface area contributed by atoms with Gasteiger partial charge in [-0.15, -0.1) is 0 Å². The van der Waals surface area contributed by atoms with Crippen LogP contribution in [0.1, 0.15) is 0 Å². The minimum atomic E-state index is 0.871. The number of nitrogens with zero attached hydrogens (tertiary/aromatic N) is 3. The predicted molar refractivity (Wildman–Crippen MR) is 217 cm³/mol. The van der Waals surface area contributed by atoms with Gasteiger partial charge in [0.15, 0.2) is 0 Å². The van der Waals surface area contributed by atoms with E-state index in [0.717, 1.165) is 50.0 Å². The van der Waals surface area contributed by atoms with Gasteiger partial charge < -0.3 is 0 Å². The molecule has 2 aromatic heterocycles. The first-order valence-electron chi connectivity index (χ1n) is 17.6. The topological polar surface area (TPSA) is 38.7 Å². The van der Waals surface area contributed by atoms with E-state index in [2.05, 4.69) is 146 Å². The fraction of sp³-hybridized carbons (Fsp3) is 0. The number of hydrogen-bond acceptors (Lipinski definition) is 3. The van der Waals surface area contributed by atoms with Crippen LogP contribution >= 0.6 is 0 Å². The molecule has 0 aliphatic rings. The Balaban J connectivity index is 1.07. The van der Waals surface area contributed by atoms with Crippen molar-refractivity contribution < 1.29 is 0 Å². The number of fused-ring (bicyclic) bond motifs is 5. The molecule has 0 N–H and O–H groups in total. The van der Waals surface area contributed by atoms with Gasteiger partial charge in [-0.05, 0) is 73.8 Å². The third kappa shape index (κ3) is 5.10. The van der Waals surface area contributed by atoms with Crippen molar-refractivity contribution in [2.45, 2.75) is 0 Å². The average molecular weight is 662 g/mol. The van der Waals surface area contributed by atoms with Crippen LogP contribution in [0.15, 0.2) is 188 Å². The number of pyridine rings is 1. The lowest BCUT2D eigenvalue weighted by atomic mass is 9.89. The Morgan fingerprint density at radius 1 is 0.308 bits per heavy atom. The molecule has 0 bridgehead atoms. The highest BCUT2D eigenvalue weighted by molar-refractivity contribution is 6.16. The van der Waals surface area contributed by atoms with Gasteiger partial charge in [0, 0.05) is 28.1 Å². The van der Waals surface area contributed by atoms with Crippen LogP contribution in [0, 0.1) is 0 Å². The molecule has 10 rings (SSSR count). The Morgan fingerprint density at radius 3 is 1.44 bits per heavy atom. The molecule has 0 aliphatic carbocycles. The second kappa shape index (κ2) is 12.4. The third-order valence-electron chi connectivity index (χ3n) is 10.1. The predicted octanol–water partition coefficient (Wildman–Crippen LogP) is 12.8. The van der Waals surface area contributed by atoms with E-state index in [1.54, 1.807) is 0 Å². The second-order valence-electron chi connectivity index (χ2n) is 13.2. The van der Waals surface area contributed by atoms with Crippen molar-refractivity contribution in [2.75, 3.05) is 0 Å². The van der Waals surface area contributed by atoms with Gasteiger partial charge in [0.2, 0.25) is 0 Å². The molecule has 52 heavy (non-hydrogen) atoms. The first kappa shape index (κ1) is 29.9. The molecule has 0 fully saturated rings. The van der Waals surface area contributed by atoms with Crippen LogP contribution in [0.5, 0.6) is 0 Å². The first-order valence-corrected chi connectivity index (χ1v) is 17.6. The highest BCUT2D eigenvalue weighted by Crippen LogP contribution is 2.41. The molecule has 0 unspecified atom stereocenters. The second-order valence-corrected chi connectivity index (χ2v) is 13.2. The number of aromatic nitrogens is 3. The Labute approximate surface area is 301 Å². The Hall–Kier alpha value is -6.97. The molecule has 10 aromatic rings. The minimum absolute atomic E-state index is 0.871. The van der Waals surface area contributed by atoms with Crippen molar-refractivity contribution >= 4 is 43.5 Å². The third-order valence-corrected chi connectivity index (χ3v) is 10.1. The van der Waals surface area contributed by atoms with Gasteiger partial charge in [0.25, 0.3) is 0 Å². The van der Waals surface area contributed by atoms with Gasteiger partial charge in [0.05, 0.1) is 27.9 Å². The Kier molecular flexibility index (Phi) is 7.14. The fourth-order valence-electron chi connectivity index (χ4n) is 7.59. The lowest BCUT2D eigenvalue weighted by Crippen LogP contribution is -1.95. The number of para-hydroxylation sites is 2. The summed E-state index contributed by atoms with van der Waals surface area (Å²) in [6.07, 6.45) is 1.88. The molecule has 0 saturated heterocycles. The van der Waals surface area contributed by atoms with Gasteiger partial charge in [0.1, 0.15) is 0 Å². The van der Waals surface area contributed by atoms with E-state index in [1.807, 2.05) is 42.6 Å². The van der Waals surface area contributed by atoms with Crippen LogP contribution in [-0.4, -0.2) is 15.0 Å². The van der Waals surface area contributed by atoms with Crippen LogP contribution in [0.3, 0.4) is 0 Å². The molecule has 3 heteroatoms. The van der Waals surface area contributed by atoms with Gasteiger partial charge in [-0.25, -0.2) is 9.97 Å². The minimum Gasteiger partial charge on any atom is -0.256 e. The van der Waals surface area contributed by atoms with Crippen LogP contribution < -0.4 is 0 Å². The molecule has 0 atom stereocenters. The summed E-state index contributed by atoms with van der Waals surface area (Å²) in [4.78, 5) is 15.1. The van der Waals surface area contributed by atoms with Crippen LogP contribution in [-0.2, 0) is 0 Å². The maximum absolute atomic E-state index is 5.18. The van der Waals surface area contributed by atoms with Gasteiger partial charge in [-0.1, -0.05) is 158 Å². The van der Waals surface area contributed by atoms with E-state index in [1.165, 1.54) is 49.4 Å². The summed E-state index contributed by atoms with van der Waals surface area (Å²) in [7, 11) is 0. The van der Waals surface area contributed by atoms with Crippen molar-refractivity contribution in [2.24, 2.45) is 0 Å². The van der Waals surface area contributed by atoms with E-state index in [4.69, 9.17) is 15.0 Å². The van der Waals surface area contributed by atoms with Crippen LogP contribution in [0.4, 0.5) is 0 Å². The molecule has 0 radical (unpaired) electrons. The maximum Gasteiger partial charge on any atom is 0.0973 e. The summed E-state index contributed by atoms with van der Waals surface area (Å²) in [5.74, 6) is 0. The van der Waals surface area contributed by atoms with E-state index in [-0.39, 0.29) is 0 Å². The van der Waals surface area contributed by atoms with E-state index in [0.29, 0.717) is 0 Å². The Morgan fingerprint density at radius 2 is 0.788 bits per heavy atom. The summed E-state index contributed by atoms with van der Waals surface area (Å²) in [6.45, 7) is 0. The van der Waals surface area contributed by atoms with Gasteiger partial charge in [-0.2, -0.15) is 0 Å². The molecule has 242 valence electrons. The zero-order chi connectivity index (χ0) is 34.4. The monoisotopic (exact) mass is 661 g/mol. The molecule has 0 spiro atoms. The zero-order valence-corrected chi connectivity index (χ0v) is 28.2. The molecular formula is C49H31N3. The van der Waals surface area contributed by atoms with E-state index in [9.17, 15) is 0 Å². The number of benzene rings is 8. The first-order chi connectivity index (χ1) is 25.8. The van der Waals surface area contributed by atoms with Crippen LogP contribution in [0.25, 0.3) is 99.4 Å². The normalized spacial score (nSPS) is 11.5. The molecule has 0 saturated carbocycles.